The van der Waals surface area contributed by atoms with Crippen LogP contribution in [0.5, 0.6) is 5.88 Å². The van der Waals surface area contributed by atoms with Crippen molar-refractivity contribution < 1.29 is 14.4 Å². The first-order valence-corrected chi connectivity index (χ1v) is 6.49. The van der Waals surface area contributed by atoms with Crippen LogP contribution in [0.4, 0.5) is 5.69 Å². The summed E-state index contributed by atoms with van der Waals surface area (Å²) < 4.78 is 10.5. The molecule has 1 aromatic heterocycles. The lowest BCUT2D eigenvalue weighted by Gasteiger charge is -2.19. The van der Waals surface area contributed by atoms with Crippen LogP contribution in [0.2, 0.25) is 0 Å². The second-order valence-corrected chi connectivity index (χ2v) is 4.62. The molecule has 0 aromatic carbocycles. The summed E-state index contributed by atoms with van der Waals surface area (Å²) in [5.74, 6) is 0.375. The molecule has 0 bridgehead atoms. The fourth-order valence-corrected chi connectivity index (χ4v) is 2.33. The van der Waals surface area contributed by atoms with Crippen LogP contribution < -0.4 is 4.74 Å². The van der Waals surface area contributed by atoms with E-state index in [1.807, 2.05) is 0 Å². The minimum atomic E-state index is -0.475. The molecule has 0 saturated carbocycles. The number of methoxy groups -OCH3 is 1. The van der Waals surface area contributed by atoms with E-state index >= 15 is 0 Å². The molecule has 0 radical (unpaired) electrons. The zero-order chi connectivity index (χ0) is 13.7. The molecule has 1 unspecified atom stereocenters. The van der Waals surface area contributed by atoms with E-state index in [-0.39, 0.29) is 17.5 Å². The Kier molecular flexibility index (Phi) is 4.68. The number of aromatic nitrogens is 1. The Morgan fingerprint density at radius 3 is 2.95 bits per heavy atom. The van der Waals surface area contributed by atoms with E-state index in [1.54, 1.807) is 6.07 Å². The maximum atomic E-state index is 10.8. The summed E-state index contributed by atoms with van der Waals surface area (Å²) in [7, 11) is 1.40. The summed E-state index contributed by atoms with van der Waals surface area (Å²) in [6.07, 6.45) is 4.08. The number of pyridine rings is 1. The van der Waals surface area contributed by atoms with Gasteiger partial charge in [0.25, 0.3) is 5.88 Å². The molecule has 1 saturated heterocycles. The van der Waals surface area contributed by atoms with Crippen molar-refractivity contribution in [3.05, 3.63) is 27.9 Å². The number of hydrogen-bond acceptors (Lipinski definition) is 5. The van der Waals surface area contributed by atoms with Crippen LogP contribution in [0, 0.1) is 10.1 Å². The van der Waals surface area contributed by atoms with Crippen LogP contribution in [0.25, 0.3) is 0 Å². The Morgan fingerprint density at radius 1 is 1.37 bits per heavy atom. The van der Waals surface area contributed by atoms with Gasteiger partial charge in [0.15, 0.2) is 0 Å². The lowest BCUT2D eigenvalue weighted by Crippen LogP contribution is -2.11. The SMILES string of the molecule is COc1nc(C2CCCCOCC2)ccc1[N+](=O)[O-]. The van der Waals surface area contributed by atoms with Crippen molar-refractivity contribution in [1.82, 2.24) is 4.98 Å². The van der Waals surface area contributed by atoms with Crippen molar-refractivity contribution in [3.8, 4) is 5.88 Å². The second-order valence-electron chi connectivity index (χ2n) is 4.62. The van der Waals surface area contributed by atoms with Crippen LogP contribution in [0.3, 0.4) is 0 Å². The van der Waals surface area contributed by atoms with E-state index < -0.39 is 4.92 Å². The van der Waals surface area contributed by atoms with Crippen molar-refractivity contribution in [2.24, 2.45) is 0 Å². The summed E-state index contributed by atoms with van der Waals surface area (Å²) >= 11 is 0. The predicted molar refractivity (Wildman–Crippen MR) is 69.5 cm³/mol. The minimum absolute atomic E-state index is 0.0884. The molecule has 2 heterocycles. The third kappa shape index (κ3) is 3.41. The largest absolute Gasteiger partial charge is 0.476 e. The fraction of sp³-hybridized carbons (Fsp3) is 0.615. The highest BCUT2D eigenvalue weighted by Crippen LogP contribution is 2.31. The van der Waals surface area contributed by atoms with Gasteiger partial charge < -0.3 is 9.47 Å². The molecule has 1 fully saturated rings. The molecule has 1 atom stereocenters. The third-order valence-electron chi connectivity index (χ3n) is 3.37. The summed E-state index contributed by atoms with van der Waals surface area (Å²) in [5, 5.41) is 10.8. The van der Waals surface area contributed by atoms with Gasteiger partial charge in [0, 0.05) is 30.9 Å². The van der Waals surface area contributed by atoms with E-state index in [4.69, 9.17) is 9.47 Å². The molecule has 0 aliphatic carbocycles. The Morgan fingerprint density at radius 2 is 2.21 bits per heavy atom. The van der Waals surface area contributed by atoms with E-state index in [1.165, 1.54) is 13.2 Å². The van der Waals surface area contributed by atoms with Gasteiger partial charge in [0.1, 0.15) is 0 Å². The van der Waals surface area contributed by atoms with Gasteiger partial charge in [-0.15, -0.1) is 0 Å². The van der Waals surface area contributed by atoms with Crippen LogP contribution in [-0.4, -0.2) is 30.2 Å². The lowest BCUT2D eigenvalue weighted by atomic mass is 9.94. The van der Waals surface area contributed by atoms with Crippen molar-refractivity contribution in [2.75, 3.05) is 20.3 Å². The fourth-order valence-electron chi connectivity index (χ4n) is 2.33. The number of nitro groups is 1. The lowest BCUT2D eigenvalue weighted by molar-refractivity contribution is -0.386. The van der Waals surface area contributed by atoms with Gasteiger partial charge in [-0.1, -0.05) is 6.42 Å². The molecule has 2 rings (SSSR count). The number of rotatable bonds is 3. The van der Waals surface area contributed by atoms with Crippen molar-refractivity contribution >= 4 is 5.69 Å². The van der Waals surface area contributed by atoms with Gasteiger partial charge in [0.05, 0.1) is 12.0 Å². The molecular weight excluding hydrogens is 248 g/mol. The van der Waals surface area contributed by atoms with Gasteiger partial charge in [-0.2, -0.15) is 0 Å². The van der Waals surface area contributed by atoms with Crippen molar-refractivity contribution in [1.29, 1.82) is 0 Å². The number of hydrogen-bond donors (Lipinski definition) is 0. The van der Waals surface area contributed by atoms with Gasteiger partial charge in [-0.3, -0.25) is 10.1 Å². The van der Waals surface area contributed by atoms with Gasteiger partial charge in [0.2, 0.25) is 0 Å². The standard InChI is InChI=1S/C13H18N2O4/c1-18-13-12(15(16)17)6-5-11(14-13)10-4-2-3-8-19-9-7-10/h5-6,10H,2-4,7-9H2,1H3. The first-order valence-electron chi connectivity index (χ1n) is 6.49. The van der Waals surface area contributed by atoms with E-state index in [9.17, 15) is 10.1 Å². The molecule has 6 heteroatoms. The first-order chi connectivity index (χ1) is 9.22. The summed E-state index contributed by atoms with van der Waals surface area (Å²) in [5.41, 5.74) is 0.765. The molecular formula is C13H18N2O4. The predicted octanol–water partition coefficient (Wildman–Crippen LogP) is 2.67. The summed E-state index contributed by atoms with van der Waals surface area (Å²) in [4.78, 5) is 14.6. The number of ether oxygens (including phenoxy) is 2. The Labute approximate surface area is 111 Å². The van der Waals surface area contributed by atoms with Gasteiger partial charge in [-0.05, 0) is 25.3 Å². The number of nitrogens with zero attached hydrogens (tertiary/aromatic N) is 2. The maximum absolute atomic E-state index is 10.8. The Hall–Kier alpha value is -1.69. The van der Waals surface area contributed by atoms with E-state index in [2.05, 4.69) is 4.98 Å². The topological polar surface area (TPSA) is 74.5 Å². The summed E-state index contributed by atoms with van der Waals surface area (Å²) in [6, 6.07) is 3.20. The average molecular weight is 266 g/mol. The molecule has 6 nitrogen and oxygen atoms in total. The highest BCUT2D eigenvalue weighted by atomic mass is 16.6. The van der Waals surface area contributed by atoms with E-state index in [0.717, 1.165) is 38.0 Å². The first kappa shape index (κ1) is 13.7. The minimum Gasteiger partial charge on any atom is -0.476 e. The van der Waals surface area contributed by atoms with Crippen LogP contribution in [0.1, 0.15) is 37.3 Å². The smallest absolute Gasteiger partial charge is 0.330 e. The molecule has 0 spiro atoms. The zero-order valence-electron chi connectivity index (χ0n) is 11.0. The quantitative estimate of drug-likeness (QED) is 0.621. The molecule has 1 aliphatic heterocycles. The monoisotopic (exact) mass is 266 g/mol. The Bertz CT molecular complexity index is 442. The highest BCUT2D eigenvalue weighted by Gasteiger charge is 2.21. The van der Waals surface area contributed by atoms with Gasteiger partial charge >= 0.3 is 5.69 Å². The Balaban J connectivity index is 2.21. The molecule has 1 aliphatic rings. The van der Waals surface area contributed by atoms with Crippen molar-refractivity contribution in [3.63, 3.8) is 0 Å². The molecule has 19 heavy (non-hydrogen) atoms. The van der Waals surface area contributed by atoms with Crippen LogP contribution in [-0.2, 0) is 4.74 Å². The van der Waals surface area contributed by atoms with Crippen LogP contribution in [0.15, 0.2) is 12.1 Å². The average Bonchev–Trinajstić information content (AvgIpc) is 2.37. The normalized spacial score (nSPS) is 20.4. The molecule has 1 aromatic rings. The van der Waals surface area contributed by atoms with Crippen LogP contribution >= 0.6 is 0 Å². The molecule has 0 amide bonds. The highest BCUT2D eigenvalue weighted by molar-refractivity contribution is 5.42. The zero-order valence-corrected chi connectivity index (χ0v) is 11.0. The van der Waals surface area contributed by atoms with Gasteiger partial charge in [-0.25, -0.2) is 4.98 Å². The van der Waals surface area contributed by atoms with Crippen molar-refractivity contribution in [2.45, 2.75) is 31.6 Å². The third-order valence-corrected chi connectivity index (χ3v) is 3.37. The maximum Gasteiger partial charge on any atom is 0.330 e. The summed E-state index contributed by atoms with van der Waals surface area (Å²) in [6.45, 7) is 1.54. The second kappa shape index (κ2) is 6.47. The van der Waals surface area contributed by atoms with E-state index in [0.29, 0.717) is 6.61 Å². The molecule has 104 valence electrons. The molecule has 0 N–H and O–H groups in total.